The SMILES string of the molecule is O=[N+]([O-])c1ccc(Cl)c(NC(=S)N2CCN(S(=O)(=O)c3ccc4ccccc4c3)CC2)c1. The number of piperazine rings is 1. The third-order valence-corrected chi connectivity index (χ3v) is 7.87. The standard InChI is InChI=1S/C21H19ClN4O4S2/c22-19-8-6-17(26(27)28)14-20(19)23-21(31)24-9-11-25(12-10-24)32(29,30)18-7-5-15-3-1-2-4-16(15)13-18/h1-8,13-14H,9-12H2,(H,23,31). The number of nitrogens with zero attached hydrogens (tertiary/aromatic N) is 3. The van der Waals surface area contributed by atoms with Crippen molar-refractivity contribution in [2.24, 2.45) is 0 Å². The van der Waals surface area contributed by atoms with Crippen LogP contribution >= 0.6 is 23.8 Å². The first kappa shape index (κ1) is 22.4. The smallest absolute Gasteiger partial charge is 0.271 e. The Morgan fingerprint density at radius 3 is 2.38 bits per heavy atom. The summed E-state index contributed by atoms with van der Waals surface area (Å²) in [5, 5.41) is 16.4. The lowest BCUT2D eigenvalue weighted by Gasteiger charge is -2.35. The fraction of sp³-hybridized carbons (Fsp3) is 0.190. The predicted molar refractivity (Wildman–Crippen MR) is 129 cm³/mol. The van der Waals surface area contributed by atoms with E-state index in [1.165, 1.54) is 22.5 Å². The molecule has 0 unspecified atom stereocenters. The van der Waals surface area contributed by atoms with Crippen molar-refractivity contribution in [3.05, 3.63) is 75.8 Å². The lowest BCUT2D eigenvalue weighted by Crippen LogP contribution is -2.51. The lowest BCUT2D eigenvalue weighted by molar-refractivity contribution is -0.384. The minimum Gasteiger partial charge on any atom is -0.346 e. The molecule has 4 rings (SSSR count). The zero-order valence-electron chi connectivity index (χ0n) is 16.8. The Bertz CT molecular complexity index is 1310. The molecule has 0 amide bonds. The number of rotatable bonds is 4. The number of non-ortho nitro benzene ring substituents is 1. The summed E-state index contributed by atoms with van der Waals surface area (Å²) in [6.07, 6.45) is 0. The molecule has 0 radical (unpaired) electrons. The molecule has 0 aliphatic carbocycles. The van der Waals surface area contributed by atoms with E-state index in [2.05, 4.69) is 5.32 Å². The summed E-state index contributed by atoms with van der Waals surface area (Å²) in [6, 6.07) is 16.8. The average molecular weight is 491 g/mol. The van der Waals surface area contributed by atoms with Gasteiger partial charge >= 0.3 is 0 Å². The molecule has 0 saturated carbocycles. The summed E-state index contributed by atoms with van der Waals surface area (Å²) < 4.78 is 27.7. The topological polar surface area (TPSA) is 95.8 Å². The number of thiocarbonyl (C=S) groups is 1. The molecular weight excluding hydrogens is 472 g/mol. The summed E-state index contributed by atoms with van der Waals surface area (Å²) in [4.78, 5) is 12.6. The van der Waals surface area contributed by atoms with Gasteiger partial charge in [-0.2, -0.15) is 4.31 Å². The van der Waals surface area contributed by atoms with Gasteiger partial charge < -0.3 is 10.2 Å². The van der Waals surface area contributed by atoms with Crippen LogP contribution in [0.2, 0.25) is 5.02 Å². The Kier molecular flexibility index (Phi) is 6.29. The molecule has 0 bridgehead atoms. The van der Waals surface area contributed by atoms with Gasteiger partial charge in [-0.1, -0.05) is 41.9 Å². The lowest BCUT2D eigenvalue weighted by atomic mass is 10.1. The van der Waals surface area contributed by atoms with Crippen LogP contribution in [0.15, 0.2) is 65.6 Å². The van der Waals surface area contributed by atoms with Crippen LogP contribution in [0.5, 0.6) is 0 Å². The van der Waals surface area contributed by atoms with Crippen molar-refractivity contribution < 1.29 is 13.3 Å². The normalized spacial score (nSPS) is 15.0. The Labute approximate surface area is 195 Å². The molecule has 3 aromatic rings. The third-order valence-electron chi connectivity index (χ3n) is 5.29. The first-order chi connectivity index (χ1) is 15.3. The van der Waals surface area contributed by atoms with Gasteiger partial charge in [-0.25, -0.2) is 8.42 Å². The van der Waals surface area contributed by atoms with Gasteiger partial charge in [0.1, 0.15) is 0 Å². The second kappa shape index (κ2) is 8.99. The van der Waals surface area contributed by atoms with Gasteiger partial charge in [0.05, 0.1) is 20.5 Å². The number of benzene rings is 3. The van der Waals surface area contributed by atoms with E-state index in [9.17, 15) is 18.5 Å². The summed E-state index contributed by atoms with van der Waals surface area (Å²) in [7, 11) is -3.64. The highest BCUT2D eigenvalue weighted by Crippen LogP contribution is 2.27. The second-order valence-electron chi connectivity index (χ2n) is 7.25. The van der Waals surface area contributed by atoms with Crippen molar-refractivity contribution in [1.82, 2.24) is 9.21 Å². The van der Waals surface area contributed by atoms with Gasteiger partial charge in [0.15, 0.2) is 5.11 Å². The molecule has 0 aromatic heterocycles. The summed E-state index contributed by atoms with van der Waals surface area (Å²) in [5.41, 5.74) is 0.225. The number of nitro groups is 1. The van der Waals surface area contributed by atoms with E-state index >= 15 is 0 Å². The number of hydrogen-bond acceptors (Lipinski definition) is 5. The van der Waals surface area contributed by atoms with Crippen molar-refractivity contribution in [2.45, 2.75) is 4.90 Å². The highest BCUT2D eigenvalue weighted by molar-refractivity contribution is 7.89. The van der Waals surface area contributed by atoms with Crippen molar-refractivity contribution >= 4 is 61.1 Å². The van der Waals surface area contributed by atoms with Gasteiger partial charge in [-0.15, -0.1) is 0 Å². The first-order valence-corrected chi connectivity index (χ1v) is 12.0. The monoisotopic (exact) mass is 490 g/mol. The maximum Gasteiger partial charge on any atom is 0.271 e. The van der Waals surface area contributed by atoms with Crippen LogP contribution in [-0.2, 0) is 10.0 Å². The van der Waals surface area contributed by atoms with E-state index in [0.717, 1.165) is 10.8 Å². The van der Waals surface area contributed by atoms with Gasteiger partial charge in [0.2, 0.25) is 10.0 Å². The van der Waals surface area contributed by atoms with Crippen molar-refractivity contribution in [1.29, 1.82) is 0 Å². The van der Waals surface area contributed by atoms with Gasteiger partial charge in [-0.05, 0) is 41.2 Å². The van der Waals surface area contributed by atoms with Crippen molar-refractivity contribution in [3.8, 4) is 0 Å². The fourth-order valence-corrected chi connectivity index (χ4v) is 5.44. The highest BCUT2D eigenvalue weighted by Gasteiger charge is 2.29. The Balaban J connectivity index is 1.43. The molecule has 1 aliphatic rings. The van der Waals surface area contributed by atoms with E-state index < -0.39 is 14.9 Å². The molecule has 11 heteroatoms. The molecule has 32 heavy (non-hydrogen) atoms. The highest BCUT2D eigenvalue weighted by atomic mass is 35.5. The van der Waals surface area contributed by atoms with E-state index in [4.69, 9.17) is 23.8 Å². The quantitative estimate of drug-likeness (QED) is 0.334. The van der Waals surface area contributed by atoms with E-state index in [1.54, 1.807) is 18.2 Å². The fourth-order valence-electron chi connectivity index (χ4n) is 3.53. The number of anilines is 1. The zero-order valence-corrected chi connectivity index (χ0v) is 19.2. The second-order valence-corrected chi connectivity index (χ2v) is 9.98. The molecule has 1 aliphatic heterocycles. The zero-order chi connectivity index (χ0) is 22.9. The van der Waals surface area contributed by atoms with Crippen LogP contribution < -0.4 is 5.32 Å². The van der Waals surface area contributed by atoms with E-state index in [1.807, 2.05) is 29.2 Å². The maximum absolute atomic E-state index is 13.1. The molecule has 0 spiro atoms. The van der Waals surface area contributed by atoms with Gasteiger partial charge in [0, 0.05) is 38.3 Å². The third kappa shape index (κ3) is 4.53. The molecule has 1 heterocycles. The molecular formula is C21H19ClN4O4S2. The van der Waals surface area contributed by atoms with E-state index in [-0.39, 0.29) is 23.7 Å². The van der Waals surface area contributed by atoms with Crippen LogP contribution in [-0.4, -0.2) is 53.8 Å². The number of sulfonamides is 1. The maximum atomic E-state index is 13.1. The van der Waals surface area contributed by atoms with Crippen LogP contribution in [0.3, 0.4) is 0 Å². The Morgan fingerprint density at radius 2 is 1.69 bits per heavy atom. The molecule has 1 N–H and O–H groups in total. The molecule has 3 aromatic carbocycles. The van der Waals surface area contributed by atoms with Gasteiger partial charge in [-0.3, -0.25) is 10.1 Å². The molecule has 1 saturated heterocycles. The number of hydrogen-bond donors (Lipinski definition) is 1. The predicted octanol–water partition coefficient (Wildman–Crippen LogP) is 4.10. The summed E-state index contributed by atoms with van der Waals surface area (Å²) in [6.45, 7) is 1.29. The molecule has 166 valence electrons. The van der Waals surface area contributed by atoms with Crippen molar-refractivity contribution in [2.75, 3.05) is 31.5 Å². The minimum absolute atomic E-state index is 0.106. The van der Waals surface area contributed by atoms with Crippen LogP contribution in [0, 0.1) is 10.1 Å². The van der Waals surface area contributed by atoms with E-state index in [0.29, 0.717) is 28.9 Å². The summed E-state index contributed by atoms with van der Waals surface area (Å²) >= 11 is 11.5. The number of nitrogens with one attached hydrogen (secondary N) is 1. The average Bonchev–Trinajstić information content (AvgIpc) is 2.80. The molecule has 1 fully saturated rings. The Hall–Kier alpha value is -2.79. The molecule has 8 nitrogen and oxygen atoms in total. The van der Waals surface area contributed by atoms with Crippen LogP contribution in [0.1, 0.15) is 0 Å². The number of nitro benzene ring substituents is 1. The largest absolute Gasteiger partial charge is 0.346 e. The van der Waals surface area contributed by atoms with Crippen LogP contribution in [0.4, 0.5) is 11.4 Å². The number of halogens is 1. The molecule has 0 atom stereocenters. The summed E-state index contributed by atoms with van der Waals surface area (Å²) in [5.74, 6) is 0. The van der Waals surface area contributed by atoms with Gasteiger partial charge in [0.25, 0.3) is 5.69 Å². The first-order valence-electron chi connectivity index (χ1n) is 9.74. The Morgan fingerprint density at radius 1 is 1.00 bits per heavy atom. The van der Waals surface area contributed by atoms with Crippen molar-refractivity contribution in [3.63, 3.8) is 0 Å². The number of fused-ring (bicyclic) bond motifs is 1. The minimum atomic E-state index is -3.64. The van der Waals surface area contributed by atoms with Crippen LogP contribution in [0.25, 0.3) is 10.8 Å².